The van der Waals surface area contributed by atoms with Crippen LogP contribution in [0, 0.1) is 0 Å². The Morgan fingerprint density at radius 2 is 2.20 bits per heavy atom. The maximum atomic E-state index is 10.5. The summed E-state index contributed by atoms with van der Waals surface area (Å²) in [7, 11) is 0. The lowest BCUT2D eigenvalue weighted by Crippen LogP contribution is -2.04. The van der Waals surface area contributed by atoms with E-state index in [2.05, 4.69) is 15.0 Å². The molecule has 0 saturated carbocycles. The lowest BCUT2D eigenvalue weighted by atomic mass is 10.3. The monoisotopic (exact) mass is 223 g/mol. The van der Waals surface area contributed by atoms with Crippen LogP contribution in [0.25, 0.3) is 11.0 Å². The summed E-state index contributed by atoms with van der Waals surface area (Å²) in [5.41, 5.74) is 1.40. The van der Waals surface area contributed by atoms with Gasteiger partial charge in [0, 0.05) is 6.20 Å². The molecule has 0 aliphatic heterocycles. The van der Waals surface area contributed by atoms with Gasteiger partial charge in [-0.05, 0) is 6.07 Å². The summed E-state index contributed by atoms with van der Waals surface area (Å²) < 4.78 is 0. The molecule has 2 aromatic heterocycles. The van der Waals surface area contributed by atoms with Crippen LogP contribution in [0.1, 0.15) is 5.69 Å². The van der Waals surface area contributed by atoms with Crippen LogP contribution in [0.2, 0.25) is 5.15 Å². The predicted octanol–water partition coefficient (Wildman–Crippen LogP) is 1.31. The third-order valence-corrected chi connectivity index (χ3v) is 2.11. The molecule has 0 radical (unpaired) electrons. The quantitative estimate of drug-likeness (QED) is 0.831. The molecule has 0 spiro atoms. The van der Waals surface area contributed by atoms with Crippen molar-refractivity contribution in [3.8, 4) is 0 Å². The van der Waals surface area contributed by atoms with Gasteiger partial charge < -0.3 is 5.11 Å². The van der Waals surface area contributed by atoms with Crippen molar-refractivity contribution in [3.05, 3.63) is 29.3 Å². The number of carboxylic acids is 1. The molecule has 6 heteroatoms. The summed E-state index contributed by atoms with van der Waals surface area (Å²) in [6.07, 6.45) is 2.85. The van der Waals surface area contributed by atoms with Crippen molar-refractivity contribution in [2.75, 3.05) is 0 Å². The van der Waals surface area contributed by atoms with Gasteiger partial charge in [-0.15, -0.1) is 0 Å². The van der Waals surface area contributed by atoms with Gasteiger partial charge in [-0.3, -0.25) is 9.78 Å². The zero-order valence-electron chi connectivity index (χ0n) is 7.51. The molecule has 0 aromatic carbocycles. The zero-order chi connectivity index (χ0) is 10.8. The van der Waals surface area contributed by atoms with Gasteiger partial charge in [-0.25, -0.2) is 9.97 Å². The summed E-state index contributed by atoms with van der Waals surface area (Å²) in [6.45, 7) is 0. The highest BCUT2D eigenvalue weighted by Gasteiger charge is 2.10. The van der Waals surface area contributed by atoms with Gasteiger partial charge >= 0.3 is 5.97 Å². The summed E-state index contributed by atoms with van der Waals surface area (Å²) in [6, 6.07) is 1.67. The van der Waals surface area contributed by atoms with Crippen molar-refractivity contribution in [1.29, 1.82) is 0 Å². The van der Waals surface area contributed by atoms with Crippen molar-refractivity contribution in [1.82, 2.24) is 15.0 Å². The molecule has 5 nitrogen and oxygen atoms in total. The average molecular weight is 224 g/mol. The Morgan fingerprint density at radius 1 is 1.40 bits per heavy atom. The number of rotatable bonds is 2. The van der Waals surface area contributed by atoms with Gasteiger partial charge in [-0.2, -0.15) is 0 Å². The second-order valence-electron chi connectivity index (χ2n) is 2.90. The number of nitrogens with zero attached hydrogens (tertiary/aromatic N) is 3. The molecule has 0 aliphatic carbocycles. The Hall–Kier alpha value is -1.75. The van der Waals surface area contributed by atoms with E-state index in [0.717, 1.165) is 0 Å². The van der Waals surface area contributed by atoms with E-state index in [4.69, 9.17) is 16.7 Å². The molecule has 15 heavy (non-hydrogen) atoms. The topological polar surface area (TPSA) is 76.0 Å². The number of carbonyl (C=O) groups is 1. The minimum Gasteiger partial charge on any atom is -0.481 e. The van der Waals surface area contributed by atoms with Gasteiger partial charge in [0.05, 0.1) is 23.8 Å². The van der Waals surface area contributed by atoms with Crippen molar-refractivity contribution in [3.63, 3.8) is 0 Å². The molecule has 2 rings (SSSR count). The Bertz CT molecular complexity index is 530. The van der Waals surface area contributed by atoms with Gasteiger partial charge in [0.15, 0.2) is 5.15 Å². The first kappa shape index (κ1) is 9.79. The Kier molecular flexibility index (Phi) is 2.47. The fraction of sp³-hybridized carbons (Fsp3) is 0.111. The Labute approximate surface area is 89.8 Å². The molecule has 0 saturated heterocycles. The number of hydrogen-bond donors (Lipinski definition) is 1. The van der Waals surface area contributed by atoms with E-state index in [-0.39, 0.29) is 17.3 Å². The van der Waals surface area contributed by atoms with Crippen LogP contribution in [-0.2, 0) is 11.2 Å². The number of pyridine rings is 1. The van der Waals surface area contributed by atoms with E-state index >= 15 is 0 Å². The second kappa shape index (κ2) is 3.78. The molecule has 0 aliphatic rings. The molecule has 76 valence electrons. The van der Waals surface area contributed by atoms with Gasteiger partial charge in [0.2, 0.25) is 0 Å². The number of aromatic nitrogens is 3. The van der Waals surface area contributed by atoms with E-state index in [9.17, 15) is 4.79 Å². The van der Waals surface area contributed by atoms with Crippen LogP contribution in [0.4, 0.5) is 0 Å². The summed E-state index contributed by atoms with van der Waals surface area (Å²) in [5.74, 6) is -0.991. The van der Waals surface area contributed by atoms with Crippen molar-refractivity contribution < 1.29 is 9.90 Å². The van der Waals surface area contributed by atoms with E-state index in [0.29, 0.717) is 11.0 Å². The fourth-order valence-corrected chi connectivity index (χ4v) is 1.38. The third-order valence-electron chi connectivity index (χ3n) is 1.81. The van der Waals surface area contributed by atoms with Crippen LogP contribution in [0.5, 0.6) is 0 Å². The molecule has 0 unspecified atom stereocenters. The first-order chi connectivity index (χ1) is 7.16. The first-order valence-corrected chi connectivity index (χ1v) is 4.52. The molecule has 2 heterocycles. The predicted molar refractivity (Wildman–Crippen MR) is 53.7 cm³/mol. The zero-order valence-corrected chi connectivity index (χ0v) is 8.27. The highest BCUT2D eigenvalue weighted by Crippen LogP contribution is 2.16. The molecule has 2 aromatic rings. The SMILES string of the molecule is O=C(O)Cc1nc2cnccc2nc1Cl. The highest BCUT2D eigenvalue weighted by atomic mass is 35.5. The standard InChI is InChI=1S/C9H6ClN3O2/c10-9-6(3-8(14)15)12-7-4-11-2-1-5(7)13-9/h1-2,4H,3H2,(H,14,15). The van der Waals surface area contributed by atoms with E-state index in [1.165, 1.54) is 6.20 Å². The maximum Gasteiger partial charge on any atom is 0.309 e. The largest absolute Gasteiger partial charge is 0.481 e. The number of halogens is 1. The smallest absolute Gasteiger partial charge is 0.309 e. The van der Waals surface area contributed by atoms with E-state index < -0.39 is 5.97 Å². The summed E-state index contributed by atoms with van der Waals surface area (Å²) in [5, 5.41) is 8.74. The first-order valence-electron chi connectivity index (χ1n) is 4.15. The molecule has 0 atom stereocenters. The minimum atomic E-state index is -0.991. The lowest BCUT2D eigenvalue weighted by Gasteiger charge is -2.01. The number of hydrogen-bond acceptors (Lipinski definition) is 4. The number of fused-ring (bicyclic) bond motifs is 1. The number of aliphatic carboxylic acids is 1. The second-order valence-corrected chi connectivity index (χ2v) is 3.25. The van der Waals surface area contributed by atoms with Crippen LogP contribution < -0.4 is 0 Å². The molecular weight excluding hydrogens is 218 g/mol. The normalized spacial score (nSPS) is 10.5. The lowest BCUT2D eigenvalue weighted by molar-refractivity contribution is -0.136. The average Bonchev–Trinajstić information content (AvgIpc) is 2.18. The maximum absolute atomic E-state index is 10.5. The van der Waals surface area contributed by atoms with E-state index in [1.54, 1.807) is 12.3 Å². The molecule has 0 amide bonds. The number of carboxylic acid groups (broad SMARTS) is 1. The molecule has 1 N–H and O–H groups in total. The van der Waals surface area contributed by atoms with Gasteiger partial charge in [0.1, 0.15) is 5.52 Å². The van der Waals surface area contributed by atoms with Crippen molar-refractivity contribution in [2.45, 2.75) is 6.42 Å². The van der Waals surface area contributed by atoms with Gasteiger partial charge in [-0.1, -0.05) is 11.6 Å². The van der Waals surface area contributed by atoms with Crippen LogP contribution in [0.15, 0.2) is 18.5 Å². The van der Waals surface area contributed by atoms with Gasteiger partial charge in [0.25, 0.3) is 0 Å². The Morgan fingerprint density at radius 3 is 2.93 bits per heavy atom. The molecule has 0 fully saturated rings. The van der Waals surface area contributed by atoms with Crippen LogP contribution >= 0.6 is 11.6 Å². The van der Waals surface area contributed by atoms with E-state index in [1.807, 2.05) is 0 Å². The summed E-state index contributed by atoms with van der Waals surface area (Å²) >= 11 is 5.79. The summed E-state index contributed by atoms with van der Waals surface area (Å²) in [4.78, 5) is 22.5. The fourth-order valence-electron chi connectivity index (χ4n) is 1.18. The van der Waals surface area contributed by atoms with Crippen molar-refractivity contribution >= 4 is 28.6 Å². The third kappa shape index (κ3) is 2.02. The van der Waals surface area contributed by atoms with Crippen LogP contribution in [-0.4, -0.2) is 26.0 Å². The Balaban J connectivity index is 2.56. The molecular formula is C9H6ClN3O2. The van der Waals surface area contributed by atoms with Crippen LogP contribution in [0.3, 0.4) is 0 Å². The molecule has 0 bridgehead atoms. The minimum absolute atomic E-state index is 0.121. The van der Waals surface area contributed by atoms with Crippen molar-refractivity contribution in [2.24, 2.45) is 0 Å². The highest BCUT2D eigenvalue weighted by molar-refractivity contribution is 6.30.